The summed E-state index contributed by atoms with van der Waals surface area (Å²) >= 11 is 0. The number of urea groups is 1. The lowest BCUT2D eigenvalue weighted by molar-refractivity contribution is -0.148. The van der Waals surface area contributed by atoms with Gasteiger partial charge in [0, 0.05) is 26.2 Å². The first-order chi connectivity index (χ1) is 9.48. The van der Waals surface area contributed by atoms with E-state index in [1.165, 1.54) is 0 Å². The van der Waals surface area contributed by atoms with Gasteiger partial charge in [0.15, 0.2) is 0 Å². The number of β-amino-alcohol motifs (C(OH)–C–C–N with tert-alkyl or cyclic N) is 1. The molecule has 0 bridgehead atoms. The third-order valence-corrected chi connectivity index (χ3v) is 4.47. The standard InChI is InChI=1S/C14H24N2O4/c1-2-5-14(12(18)19)6-8-16(10-14)13(20)15-7-3-4-11(17)9-15/h11,17H,2-10H2,1H3,(H,18,19). The van der Waals surface area contributed by atoms with Crippen LogP contribution in [0.25, 0.3) is 0 Å². The van der Waals surface area contributed by atoms with Gasteiger partial charge in [-0.1, -0.05) is 13.3 Å². The molecule has 0 saturated carbocycles. The maximum absolute atomic E-state index is 12.4. The third-order valence-electron chi connectivity index (χ3n) is 4.47. The molecule has 0 aromatic carbocycles. The molecule has 2 atom stereocenters. The summed E-state index contributed by atoms with van der Waals surface area (Å²) in [5.41, 5.74) is -0.779. The largest absolute Gasteiger partial charge is 0.481 e. The van der Waals surface area contributed by atoms with Gasteiger partial charge in [-0.15, -0.1) is 0 Å². The average Bonchev–Trinajstić information content (AvgIpc) is 2.84. The molecule has 6 nitrogen and oxygen atoms in total. The van der Waals surface area contributed by atoms with Crippen LogP contribution in [0.1, 0.15) is 39.0 Å². The molecular weight excluding hydrogens is 260 g/mol. The van der Waals surface area contributed by atoms with Crippen molar-refractivity contribution in [2.45, 2.75) is 45.1 Å². The number of rotatable bonds is 3. The fraction of sp³-hybridized carbons (Fsp3) is 0.857. The number of carbonyl (C=O) groups excluding carboxylic acids is 1. The van der Waals surface area contributed by atoms with Crippen LogP contribution in [-0.4, -0.2) is 64.3 Å². The molecule has 2 unspecified atom stereocenters. The topological polar surface area (TPSA) is 81.1 Å². The monoisotopic (exact) mass is 284 g/mol. The van der Waals surface area contributed by atoms with Gasteiger partial charge in [0.05, 0.1) is 11.5 Å². The Labute approximate surface area is 119 Å². The van der Waals surface area contributed by atoms with Gasteiger partial charge in [-0.2, -0.15) is 0 Å². The van der Waals surface area contributed by atoms with Crippen LogP contribution in [0.15, 0.2) is 0 Å². The molecular formula is C14H24N2O4. The smallest absolute Gasteiger partial charge is 0.320 e. The summed E-state index contributed by atoms with van der Waals surface area (Å²) in [7, 11) is 0. The molecule has 2 aliphatic rings. The van der Waals surface area contributed by atoms with Gasteiger partial charge in [-0.25, -0.2) is 4.79 Å². The predicted molar refractivity (Wildman–Crippen MR) is 73.4 cm³/mol. The Morgan fingerprint density at radius 3 is 2.65 bits per heavy atom. The highest BCUT2D eigenvalue weighted by atomic mass is 16.4. The number of nitrogens with zero attached hydrogens (tertiary/aromatic N) is 2. The van der Waals surface area contributed by atoms with Gasteiger partial charge in [-0.3, -0.25) is 4.79 Å². The molecule has 2 rings (SSSR count). The number of piperidine rings is 1. The van der Waals surface area contributed by atoms with Crippen molar-refractivity contribution in [1.29, 1.82) is 0 Å². The molecule has 0 aliphatic carbocycles. The highest BCUT2D eigenvalue weighted by Crippen LogP contribution is 2.36. The SMILES string of the molecule is CCCC1(C(=O)O)CCN(C(=O)N2CCCC(O)C2)C1. The zero-order valence-electron chi connectivity index (χ0n) is 12.0. The molecule has 2 amide bonds. The van der Waals surface area contributed by atoms with Crippen molar-refractivity contribution >= 4 is 12.0 Å². The minimum atomic E-state index is -0.798. The molecule has 2 fully saturated rings. The van der Waals surface area contributed by atoms with Gasteiger partial charge in [0.25, 0.3) is 0 Å². The van der Waals surface area contributed by atoms with Crippen LogP contribution in [0, 0.1) is 5.41 Å². The van der Waals surface area contributed by atoms with E-state index in [9.17, 15) is 19.8 Å². The third kappa shape index (κ3) is 2.90. The first kappa shape index (κ1) is 15.1. The predicted octanol–water partition coefficient (Wildman–Crippen LogP) is 1.14. The molecule has 0 aromatic heterocycles. The summed E-state index contributed by atoms with van der Waals surface area (Å²) < 4.78 is 0. The lowest BCUT2D eigenvalue weighted by Crippen LogP contribution is -2.49. The number of aliphatic hydroxyl groups excluding tert-OH is 1. The molecule has 6 heteroatoms. The average molecular weight is 284 g/mol. The first-order valence-electron chi connectivity index (χ1n) is 7.44. The minimum absolute atomic E-state index is 0.122. The van der Waals surface area contributed by atoms with Crippen LogP contribution in [0.4, 0.5) is 4.79 Å². The molecule has 2 saturated heterocycles. The molecule has 0 spiro atoms. The van der Waals surface area contributed by atoms with Gasteiger partial charge in [0.1, 0.15) is 0 Å². The summed E-state index contributed by atoms with van der Waals surface area (Å²) in [5.74, 6) is -0.798. The summed E-state index contributed by atoms with van der Waals surface area (Å²) in [6.07, 6.45) is 3.03. The van der Waals surface area contributed by atoms with Crippen molar-refractivity contribution in [3.05, 3.63) is 0 Å². The van der Waals surface area contributed by atoms with Gasteiger partial charge in [0.2, 0.25) is 0 Å². The number of carboxylic acids is 1. The van der Waals surface area contributed by atoms with Crippen LogP contribution in [-0.2, 0) is 4.79 Å². The van der Waals surface area contributed by atoms with Crippen LogP contribution in [0.3, 0.4) is 0 Å². The van der Waals surface area contributed by atoms with Crippen molar-refractivity contribution in [3.63, 3.8) is 0 Å². The van der Waals surface area contributed by atoms with Crippen molar-refractivity contribution in [2.75, 3.05) is 26.2 Å². The van der Waals surface area contributed by atoms with Crippen molar-refractivity contribution < 1.29 is 19.8 Å². The van der Waals surface area contributed by atoms with E-state index >= 15 is 0 Å². The maximum Gasteiger partial charge on any atom is 0.320 e. The lowest BCUT2D eigenvalue weighted by atomic mass is 9.83. The normalized spacial score (nSPS) is 30.6. The Kier molecular flexibility index (Phi) is 4.52. The highest BCUT2D eigenvalue weighted by Gasteiger charge is 2.46. The number of aliphatic carboxylic acids is 1. The van der Waals surface area contributed by atoms with Crippen molar-refractivity contribution in [2.24, 2.45) is 5.41 Å². The van der Waals surface area contributed by atoms with Crippen molar-refractivity contribution in [3.8, 4) is 0 Å². The Morgan fingerprint density at radius 2 is 2.05 bits per heavy atom. The molecule has 0 radical (unpaired) electrons. The summed E-state index contributed by atoms with van der Waals surface area (Å²) in [6, 6.07) is -0.122. The Morgan fingerprint density at radius 1 is 1.30 bits per heavy atom. The Bertz CT molecular complexity index is 387. The fourth-order valence-corrected chi connectivity index (χ4v) is 3.33. The van der Waals surface area contributed by atoms with E-state index in [4.69, 9.17) is 0 Å². The summed E-state index contributed by atoms with van der Waals surface area (Å²) in [5, 5.41) is 19.1. The maximum atomic E-state index is 12.4. The quantitative estimate of drug-likeness (QED) is 0.814. The zero-order chi connectivity index (χ0) is 14.8. The fourth-order valence-electron chi connectivity index (χ4n) is 3.33. The molecule has 2 heterocycles. The molecule has 114 valence electrons. The zero-order valence-corrected chi connectivity index (χ0v) is 12.0. The summed E-state index contributed by atoms with van der Waals surface area (Å²) in [4.78, 5) is 27.2. The van der Waals surface area contributed by atoms with E-state index in [1.54, 1.807) is 9.80 Å². The van der Waals surface area contributed by atoms with E-state index < -0.39 is 17.5 Å². The van der Waals surface area contributed by atoms with Crippen molar-refractivity contribution in [1.82, 2.24) is 9.80 Å². The number of hydrogen-bond acceptors (Lipinski definition) is 3. The molecule has 2 aliphatic heterocycles. The second-order valence-electron chi connectivity index (χ2n) is 6.03. The number of carbonyl (C=O) groups is 2. The van der Waals surface area contributed by atoms with E-state index in [0.717, 1.165) is 19.3 Å². The van der Waals surface area contributed by atoms with Crippen LogP contribution < -0.4 is 0 Å². The Balaban J connectivity index is 2.00. The second kappa shape index (κ2) is 5.99. The van der Waals surface area contributed by atoms with Crippen LogP contribution >= 0.6 is 0 Å². The Hall–Kier alpha value is -1.30. The van der Waals surface area contributed by atoms with E-state index in [1.807, 2.05) is 6.92 Å². The minimum Gasteiger partial charge on any atom is -0.481 e. The number of likely N-dealkylation sites (tertiary alicyclic amines) is 2. The van der Waals surface area contributed by atoms with Gasteiger partial charge < -0.3 is 20.0 Å². The number of carboxylic acid groups (broad SMARTS) is 1. The first-order valence-corrected chi connectivity index (χ1v) is 7.44. The van der Waals surface area contributed by atoms with E-state index in [2.05, 4.69) is 0 Å². The number of amides is 2. The molecule has 0 aromatic rings. The van der Waals surface area contributed by atoms with Crippen LogP contribution in [0.5, 0.6) is 0 Å². The van der Waals surface area contributed by atoms with E-state index in [-0.39, 0.29) is 6.03 Å². The highest BCUT2D eigenvalue weighted by molar-refractivity contribution is 5.80. The summed E-state index contributed by atoms with van der Waals surface area (Å²) in [6.45, 7) is 3.78. The molecule has 2 N–H and O–H groups in total. The second-order valence-corrected chi connectivity index (χ2v) is 6.03. The number of aliphatic hydroxyl groups is 1. The van der Waals surface area contributed by atoms with E-state index in [0.29, 0.717) is 39.0 Å². The lowest BCUT2D eigenvalue weighted by Gasteiger charge is -2.34. The van der Waals surface area contributed by atoms with Crippen LogP contribution in [0.2, 0.25) is 0 Å². The molecule has 20 heavy (non-hydrogen) atoms. The van der Waals surface area contributed by atoms with Gasteiger partial charge >= 0.3 is 12.0 Å². The van der Waals surface area contributed by atoms with Gasteiger partial charge in [-0.05, 0) is 25.7 Å². The number of hydrogen-bond donors (Lipinski definition) is 2.